The molecule has 118 valence electrons. The highest BCUT2D eigenvalue weighted by atomic mass is 35.5. The van der Waals surface area contributed by atoms with Crippen LogP contribution in [0, 0.1) is 0 Å². The summed E-state index contributed by atoms with van der Waals surface area (Å²) in [6.07, 6.45) is 1.20. The first kappa shape index (κ1) is 17.6. The maximum absolute atomic E-state index is 12.0. The molecule has 0 aliphatic heterocycles. The zero-order valence-electron chi connectivity index (χ0n) is 11.4. The van der Waals surface area contributed by atoms with Gasteiger partial charge in [-0.15, -0.1) is 0 Å². The third-order valence-electron chi connectivity index (χ3n) is 2.25. The van der Waals surface area contributed by atoms with Gasteiger partial charge >= 0.3 is 0 Å². The van der Waals surface area contributed by atoms with Gasteiger partial charge in [-0.25, -0.2) is 18.1 Å². The molecule has 1 aromatic rings. The lowest BCUT2D eigenvalue weighted by molar-refractivity contribution is -0.122. The number of aromatic nitrogens is 1. The third kappa shape index (κ3) is 5.84. The molecule has 0 saturated heterocycles. The third-order valence-corrected chi connectivity index (χ3v) is 3.97. The average molecular weight is 337 g/mol. The van der Waals surface area contributed by atoms with Crippen LogP contribution in [-0.2, 0) is 19.6 Å². The van der Waals surface area contributed by atoms with Crippen LogP contribution in [0.25, 0.3) is 0 Å². The molecule has 0 atom stereocenters. The molecular weight excluding hydrogens is 320 g/mol. The van der Waals surface area contributed by atoms with E-state index in [-0.39, 0.29) is 29.7 Å². The van der Waals surface area contributed by atoms with E-state index in [2.05, 4.69) is 15.0 Å². The van der Waals surface area contributed by atoms with Gasteiger partial charge in [0.1, 0.15) is 17.3 Å². The van der Waals surface area contributed by atoms with Crippen molar-refractivity contribution in [2.24, 2.45) is 5.73 Å². The normalized spacial score (nSPS) is 11.3. The van der Waals surface area contributed by atoms with E-state index in [1.165, 1.54) is 12.3 Å². The van der Waals surface area contributed by atoms with Crippen LogP contribution in [0.5, 0.6) is 0 Å². The second-order valence-corrected chi connectivity index (χ2v) is 6.12. The molecule has 1 rings (SSSR count). The Morgan fingerprint density at radius 2 is 2.24 bits per heavy atom. The first-order valence-corrected chi connectivity index (χ1v) is 7.98. The number of hydrogen-bond acceptors (Lipinski definition) is 6. The molecule has 1 heterocycles. The molecule has 0 spiro atoms. The minimum Gasteiger partial charge on any atom is -0.370 e. The minimum absolute atomic E-state index is 0.00218. The van der Waals surface area contributed by atoms with Crippen molar-refractivity contribution >= 4 is 33.3 Å². The molecular formula is C11H17ClN4O4S. The molecule has 21 heavy (non-hydrogen) atoms. The number of nitrogens with one attached hydrogen (secondary N) is 2. The van der Waals surface area contributed by atoms with E-state index in [9.17, 15) is 13.2 Å². The predicted octanol–water partition coefficient (Wildman–Crippen LogP) is -0.0530. The number of nitrogens with two attached hydrogens (primary N) is 1. The van der Waals surface area contributed by atoms with Gasteiger partial charge in [-0.2, -0.15) is 0 Å². The van der Waals surface area contributed by atoms with Crippen LogP contribution >= 0.6 is 11.6 Å². The Bertz CT molecular complexity index is 594. The van der Waals surface area contributed by atoms with E-state index in [4.69, 9.17) is 22.1 Å². The zero-order chi connectivity index (χ0) is 15.9. The lowest BCUT2D eigenvalue weighted by Gasteiger charge is -2.09. The molecule has 4 N–H and O–H groups in total. The number of anilines is 1. The number of amides is 1. The van der Waals surface area contributed by atoms with Gasteiger partial charge in [0.05, 0.1) is 11.6 Å². The quantitative estimate of drug-likeness (QED) is 0.543. The number of pyridine rings is 1. The van der Waals surface area contributed by atoms with Gasteiger partial charge in [0.15, 0.2) is 0 Å². The van der Waals surface area contributed by atoms with Gasteiger partial charge in [-0.1, -0.05) is 11.6 Å². The largest absolute Gasteiger partial charge is 0.370 e. The first-order valence-electron chi connectivity index (χ1n) is 6.12. The molecule has 10 heteroatoms. The number of nitrogens with zero attached hydrogens (tertiary/aromatic N) is 1. The second kappa shape index (κ2) is 8.13. The van der Waals surface area contributed by atoms with Crippen LogP contribution in [0.3, 0.4) is 0 Å². The lowest BCUT2D eigenvalue weighted by atomic mass is 10.4. The Hall–Kier alpha value is -1.42. The number of halogens is 1. The minimum atomic E-state index is -3.74. The standard InChI is InChI=1S/C11H17ClN4O4S/c1-2-14-11-9(12)5-8(6-15-11)21(18,19)16-3-4-20-7-10(13)17/h5-6,16H,2-4,7H2,1H3,(H2,13,17)(H,14,15). The lowest BCUT2D eigenvalue weighted by Crippen LogP contribution is -2.29. The van der Waals surface area contributed by atoms with Crippen LogP contribution in [0.15, 0.2) is 17.2 Å². The zero-order valence-corrected chi connectivity index (χ0v) is 13.0. The van der Waals surface area contributed by atoms with E-state index in [0.717, 1.165) is 0 Å². The summed E-state index contributed by atoms with van der Waals surface area (Å²) < 4.78 is 31.1. The molecule has 0 saturated carbocycles. The second-order valence-electron chi connectivity index (χ2n) is 3.95. The summed E-state index contributed by atoms with van der Waals surface area (Å²) in [6, 6.07) is 1.30. The predicted molar refractivity (Wildman–Crippen MR) is 78.6 cm³/mol. The van der Waals surface area contributed by atoms with Crippen molar-refractivity contribution in [3.8, 4) is 0 Å². The number of carbonyl (C=O) groups excluding carboxylic acids is 1. The Morgan fingerprint density at radius 1 is 1.52 bits per heavy atom. The Labute approximate surface area is 128 Å². The van der Waals surface area contributed by atoms with Crippen LogP contribution in [0.4, 0.5) is 5.82 Å². The molecule has 0 aliphatic rings. The number of primary amides is 1. The van der Waals surface area contributed by atoms with E-state index in [1.54, 1.807) is 0 Å². The summed E-state index contributed by atoms with van der Waals surface area (Å²) in [4.78, 5) is 14.3. The fraction of sp³-hybridized carbons (Fsp3) is 0.455. The fourth-order valence-electron chi connectivity index (χ4n) is 1.37. The van der Waals surface area contributed by atoms with Crippen molar-refractivity contribution in [1.82, 2.24) is 9.71 Å². The van der Waals surface area contributed by atoms with Gasteiger partial charge in [-0.05, 0) is 13.0 Å². The van der Waals surface area contributed by atoms with Gasteiger partial charge < -0.3 is 15.8 Å². The molecule has 0 fully saturated rings. The highest BCUT2D eigenvalue weighted by Gasteiger charge is 2.16. The van der Waals surface area contributed by atoms with E-state index in [0.29, 0.717) is 12.4 Å². The van der Waals surface area contributed by atoms with E-state index < -0.39 is 15.9 Å². The monoisotopic (exact) mass is 336 g/mol. The van der Waals surface area contributed by atoms with Crippen molar-refractivity contribution in [1.29, 1.82) is 0 Å². The Morgan fingerprint density at radius 3 is 2.81 bits per heavy atom. The molecule has 0 aliphatic carbocycles. The topological polar surface area (TPSA) is 123 Å². The Kier molecular flexibility index (Phi) is 6.82. The van der Waals surface area contributed by atoms with Gasteiger partial charge in [0.25, 0.3) is 0 Å². The van der Waals surface area contributed by atoms with Gasteiger partial charge in [-0.3, -0.25) is 4.79 Å². The van der Waals surface area contributed by atoms with Crippen molar-refractivity contribution in [2.75, 3.05) is 31.6 Å². The highest BCUT2D eigenvalue weighted by Crippen LogP contribution is 2.22. The van der Waals surface area contributed by atoms with Crippen LogP contribution in [0.1, 0.15) is 6.92 Å². The number of rotatable bonds is 9. The summed E-state index contributed by atoms with van der Waals surface area (Å²) in [5.74, 6) is -0.198. The summed E-state index contributed by atoms with van der Waals surface area (Å²) in [6.45, 7) is 2.26. The summed E-state index contributed by atoms with van der Waals surface area (Å²) in [5, 5.41) is 3.12. The van der Waals surface area contributed by atoms with Crippen LogP contribution < -0.4 is 15.8 Å². The summed E-state index contributed by atoms with van der Waals surface area (Å²) in [5.41, 5.74) is 4.88. The van der Waals surface area contributed by atoms with E-state index >= 15 is 0 Å². The summed E-state index contributed by atoms with van der Waals surface area (Å²) >= 11 is 5.94. The maximum Gasteiger partial charge on any atom is 0.243 e. The molecule has 0 radical (unpaired) electrons. The van der Waals surface area contributed by atoms with Gasteiger partial charge in [0, 0.05) is 19.3 Å². The van der Waals surface area contributed by atoms with Crippen molar-refractivity contribution in [3.05, 3.63) is 17.3 Å². The first-order chi connectivity index (χ1) is 9.86. The van der Waals surface area contributed by atoms with Crippen molar-refractivity contribution in [3.63, 3.8) is 0 Å². The van der Waals surface area contributed by atoms with Crippen molar-refractivity contribution in [2.45, 2.75) is 11.8 Å². The summed E-state index contributed by atoms with van der Waals surface area (Å²) in [7, 11) is -3.74. The Balaban J connectivity index is 2.62. The molecule has 0 bridgehead atoms. The van der Waals surface area contributed by atoms with Crippen molar-refractivity contribution < 1.29 is 17.9 Å². The number of carbonyl (C=O) groups is 1. The molecule has 0 unspecified atom stereocenters. The highest BCUT2D eigenvalue weighted by molar-refractivity contribution is 7.89. The fourth-order valence-corrected chi connectivity index (χ4v) is 2.65. The number of hydrogen-bond donors (Lipinski definition) is 3. The molecule has 1 amide bonds. The average Bonchev–Trinajstić information content (AvgIpc) is 2.40. The van der Waals surface area contributed by atoms with Crippen LogP contribution in [-0.4, -0.2) is 45.6 Å². The van der Waals surface area contributed by atoms with Gasteiger partial charge in [0.2, 0.25) is 15.9 Å². The number of ether oxygens (including phenoxy) is 1. The van der Waals surface area contributed by atoms with Crippen LogP contribution in [0.2, 0.25) is 5.02 Å². The molecule has 8 nitrogen and oxygen atoms in total. The number of sulfonamides is 1. The SMILES string of the molecule is CCNc1ncc(S(=O)(=O)NCCOCC(N)=O)cc1Cl. The molecule has 1 aromatic heterocycles. The van der Waals surface area contributed by atoms with E-state index in [1.807, 2.05) is 6.92 Å². The smallest absolute Gasteiger partial charge is 0.243 e. The molecule has 0 aromatic carbocycles. The maximum atomic E-state index is 12.0.